The molecule has 3 heterocycles. The Morgan fingerprint density at radius 2 is 1.18 bits per heavy atom. The fourth-order valence-corrected chi connectivity index (χ4v) is 6.42. The van der Waals surface area contributed by atoms with Crippen LogP contribution in [0.25, 0.3) is 72.7 Å². The van der Waals surface area contributed by atoms with E-state index in [-0.39, 0.29) is 0 Å². The van der Waals surface area contributed by atoms with E-state index in [9.17, 15) is 0 Å². The molecule has 0 radical (unpaired) electrons. The molecule has 0 aliphatic heterocycles. The molecule has 0 bridgehead atoms. The minimum Gasteiger partial charge on any atom is -0.460 e. The summed E-state index contributed by atoms with van der Waals surface area (Å²) in [5.41, 5.74) is 11.6. The number of rotatable bonds is 6. The Morgan fingerprint density at radius 3 is 1.87 bits per heavy atom. The Balaban J connectivity index is 1.30. The van der Waals surface area contributed by atoms with Gasteiger partial charge < -0.3 is 8.98 Å². The van der Waals surface area contributed by atoms with Crippen LogP contribution in [0, 0.1) is 6.92 Å². The minimum absolute atomic E-state index is 0.712. The second-order valence-electron chi connectivity index (χ2n) is 11.3. The number of benzene rings is 5. The summed E-state index contributed by atoms with van der Waals surface area (Å²) in [4.78, 5) is 10.00. The van der Waals surface area contributed by atoms with Crippen molar-refractivity contribution in [2.24, 2.45) is 0 Å². The van der Waals surface area contributed by atoms with Gasteiger partial charge in [-0.3, -0.25) is 0 Å². The Morgan fingerprint density at radius 1 is 0.600 bits per heavy atom. The minimum atomic E-state index is 0.712. The molecule has 0 atom stereocenters. The number of aryl methyl sites for hydroxylation is 2. The molecule has 8 rings (SSSR count). The van der Waals surface area contributed by atoms with Crippen molar-refractivity contribution < 1.29 is 4.42 Å². The van der Waals surface area contributed by atoms with Gasteiger partial charge in [-0.2, -0.15) is 0 Å². The van der Waals surface area contributed by atoms with Gasteiger partial charge in [0, 0.05) is 45.1 Å². The maximum Gasteiger partial charge on any atom is 0.160 e. The summed E-state index contributed by atoms with van der Waals surface area (Å²) in [6.07, 6.45) is 0.811. The van der Waals surface area contributed by atoms with Crippen LogP contribution in [-0.2, 0) is 6.42 Å². The van der Waals surface area contributed by atoms with E-state index in [0.717, 1.165) is 56.9 Å². The maximum absolute atomic E-state index is 6.39. The summed E-state index contributed by atoms with van der Waals surface area (Å²) in [5, 5.41) is 2.38. The summed E-state index contributed by atoms with van der Waals surface area (Å²) in [6.45, 7) is 4.38. The average molecular weight is 582 g/mol. The molecule has 4 nitrogen and oxygen atoms in total. The lowest BCUT2D eigenvalue weighted by atomic mass is 10.0. The fourth-order valence-electron chi connectivity index (χ4n) is 6.42. The topological polar surface area (TPSA) is 43.9 Å². The van der Waals surface area contributed by atoms with Crippen molar-refractivity contribution >= 4 is 21.9 Å². The highest BCUT2D eigenvalue weighted by atomic mass is 16.3. The SMILES string of the molecule is CCc1oc2ccccc2c1-c1c(C)c2ccccc2n1-c1ccc(-c2cc(-c3ccccc3)nc(-c3ccccc3)n2)cc1. The first-order valence-corrected chi connectivity index (χ1v) is 15.4. The lowest BCUT2D eigenvalue weighted by Gasteiger charge is -2.14. The van der Waals surface area contributed by atoms with Crippen molar-refractivity contribution in [1.82, 2.24) is 14.5 Å². The second kappa shape index (κ2) is 11.1. The van der Waals surface area contributed by atoms with E-state index >= 15 is 0 Å². The molecule has 0 N–H and O–H groups in total. The van der Waals surface area contributed by atoms with Gasteiger partial charge >= 0.3 is 0 Å². The van der Waals surface area contributed by atoms with Crippen molar-refractivity contribution in [3.05, 3.63) is 151 Å². The van der Waals surface area contributed by atoms with Gasteiger partial charge in [0.2, 0.25) is 0 Å². The van der Waals surface area contributed by atoms with Gasteiger partial charge in [-0.05, 0) is 42.8 Å². The zero-order valence-electron chi connectivity index (χ0n) is 25.2. The average Bonchev–Trinajstić information content (AvgIpc) is 3.63. The van der Waals surface area contributed by atoms with Crippen molar-refractivity contribution in [2.75, 3.05) is 0 Å². The molecular weight excluding hydrogens is 550 g/mol. The molecule has 0 spiro atoms. The zero-order valence-corrected chi connectivity index (χ0v) is 25.2. The molecule has 0 aliphatic carbocycles. The van der Waals surface area contributed by atoms with Gasteiger partial charge in [-0.1, -0.05) is 116 Å². The molecule has 3 aromatic heterocycles. The number of nitrogens with zero attached hydrogens (tertiary/aromatic N) is 3. The van der Waals surface area contributed by atoms with Crippen LogP contribution < -0.4 is 0 Å². The Hall–Kier alpha value is -5.74. The third kappa shape index (κ3) is 4.63. The third-order valence-electron chi connectivity index (χ3n) is 8.60. The highest BCUT2D eigenvalue weighted by Gasteiger charge is 2.24. The van der Waals surface area contributed by atoms with E-state index in [4.69, 9.17) is 14.4 Å². The van der Waals surface area contributed by atoms with E-state index in [1.807, 2.05) is 42.5 Å². The first kappa shape index (κ1) is 26.9. The summed E-state index contributed by atoms with van der Waals surface area (Å²) in [7, 11) is 0. The van der Waals surface area contributed by atoms with Crippen LogP contribution in [0.5, 0.6) is 0 Å². The molecule has 4 heteroatoms. The summed E-state index contributed by atoms with van der Waals surface area (Å²) >= 11 is 0. The van der Waals surface area contributed by atoms with Gasteiger partial charge in [-0.15, -0.1) is 0 Å². The van der Waals surface area contributed by atoms with Gasteiger partial charge in [-0.25, -0.2) is 9.97 Å². The predicted molar refractivity (Wildman–Crippen MR) is 184 cm³/mol. The van der Waals surface area contributed by atoms with E-state index in [0.29, 0.717) is 5.82 Å². The van der Waals surface area contributed by atoms with Gasteiger partial charge in [0.15, 0.2) is 5.82 Å². The monoisotopic (exact) mass is 581 g/mol. The standard InChI is InChI=1S/C41H31N3O/c1-3-37-39(33-19-11-13-21-38(33)45-37)40-27(2)32-18-10-12-20-36(32)44(40)31-24-22-29(23-25-31)35-26-34(28-14-6-4-7-15-28)42-41(43-35)30-16-8-5-9-17-30/h4-26H,3H2,1-2H3. The lowest BCUT2D eigenvalue weighted by molar-refractivity contribution is 0.558. The molecule has 216 valence electrons. The number of hydrogen-bond acceptors (Lipinski definition) is 3. The van der Waals surface area contributed by atoms with Crippen LogP contribution in [0.2, 0.25) is 0 Å². The largest absolute Gasteiger partial charge is 0.460 e. The van der Waals surface area contributed by atoms with Gasteiger partial charge in [0.25, 0.3) is 0 Å². The van der Waals surface area contributed by atoms with E-state index in [1.165, 1.54) is 27.7 Å². The lowest BCUT2D eigenvalue weighted by Crippen LogP contribution is -1.99. The van der Waals surface area contributed by atoms with Crippen LogP contribution in [0.1, 0.15) is 18.2 Å². The van der Waals surface area contributed by atoms with Crippen LogP contribution in [0.4, 0.5) is 0 Å². The number of para-hydroxylation sites is 2. The van der Waals surface area contributed by atoms with Crippen LogP contribution in [-0.4, -0.2) is 14.5 Å². The number of hydrogen-bond donors (Lipinski definition) is 0. The molecule has 0 unspecified atom stereocenters. The normalized spacial score (nSPS) is 11.4. The molecule has 45 heavy (non-hydrogen) atoms. The molecule has 8 aromatic rings. The van der Waals surface area contributed by atoms with Gasteiger partial charge in [0.1, 0.15) is 11.3 Å². The summed E-state index contributed by atoms with van der Waals surface area (Å²) < 4.78 is 8.77. The number of furan rings is 1. The number of fused-ring (bicyclic) bond motifs is 2. The summed E-state index contributed by atoms with van der Waals surface area (Å²) in [6, 6.07) is 48.3. The van der Waals surface area contributed by atoms with E-state index in [2.05, 4.69) is 115 Å². The molecular formula is C41H31N3O. The highest BCUT2D eigenvalue weighted by Crippen LogP contribution is 2.42. The van der Waals surface area contributed by atoms with Crippen molar-refractivity contribution in [3.63, 3.8) is 0 Å². The highest BCUT2D eigenvalue weighted by molar-refractivity contribution is 6.02. The first-order chi connectivity index (χ1) is 22.2. The predicted octanol–water partition coefficient (Wildman–Crippen LogP) is 10.7. The van der Waals surface area contributed by atoms with Crippen LogP contribution in [0.15, 0.2) is 144 Å². The quantitative estimate of drug-likeness (QED) is 0.196. The van der Waals surface area contributed by atoms with E-state index < -0.39 is 0 Å². The molecule has 0 aliphatic rings. The molecule has 0 saturated heterocycles. The van der Waals surface area contributed by atoms with Crippen molar-refractivity contribution in [1.29, 1.82) is 0 Å². The van der Waals surface area contributed by atoms with Crippen molar-refractivity contribution in [2.45, 2.75) is 20.3 Å². The molecule has 0 saturated carbocycles. The third-order valence-corrected chi connectivity index (χ3v) is 8.60. The Kier molecular flexibility index (Phi) is 6.61. The molecule has 0 fully saturated rings. The smallest absolute Gasteiger partial charge is 0.160 e. The van der Waals surface area contributed by atoms with Crippen LogP contribution >= 0.6 is 0 Å². The first-order valence-electron chi connectivity index (χ1n) is 15.4. The Labute approximate surface area is 262 Å². The zero-order chi connectivity index (χ0) is 30.3. The molecule has 5 aromatic carbocycles. The van der Waals surface area contributed by atoms with Crippen LogP contribution in [0.3, 0.4) is 0 Å². The molecule has 0 amide bonds. The van der Waals surface area contributed by atoms with E-state index in [1.54, 1.807) is 0 Å². The number of aromatic nitrogens is 3. The van der Waals surface area contributed by atoms with Crippen molar-refractivity contribution in [3.8, 4) is 50.8 Å². The fraction of sp³-hybridized carbons (Fsp3) is 0.0732. The second-order valence-corrected chi connectivity index (χ2v) is 11.3. The summed E-state index contributed by atoms with van der Waals surface area (Å²) in [5.74, 6) is 1.71. The Bertz CT molecular complexity index is 2240. The van der Waals surface area contributed by atoms with Gasteiger partial charge in [0.05, 0.1) is 22.6 Å². The maximum atomic E-state index is 6.39.